The Morgan fingerprint density at radius 1 is 1.40 bits per heavy atom. The second-order valence-corrected chi connectivity index (χ2v) is 6.74. The molecule has 1 unspecified atom stereocenters. The second kappa shape index (κ2) is 6.36. The first-order valence-electron chi connectivity index (χ1n) is 7.64. The number of benzene rings is 1. The Balaban J connectivity index is 1.92. The maximum absolute atomic E-state index is 13.2. The van der Waals surface area contributed by atoms with Crippen molar-refractivity contribution >= 4 is 27.5 Å². The van der Waals surface area contributed by atoms with Crippen LogP contribution in [0.2, 0.25) is 0 Å². The molecule has 1 aliphatic carbocycles. The third-order valence-corrected chi connectivity index (χ3v) is 4.81. The van der Waals surface area contributed by atoms with Crippen LogP contribution in [0.15, 0.2) is 28.7 Å². The number of phenols is 1. The number of rotatable bonds is 4. The summed E-state index contributed by atoms with van der Waals surface area (Å²) in [6, 6.07) is 5.16. The number of alkyl halides is 3. The summed E-state index contributed by atoms with van der Waals surface area (Å²) >= 11 is 3.00. The number of nitrogens with zero attached hydrogens (tertiary/aromatic N) is 2. The molecule has 1 aromatic carbocycles. The highest BCUT2D eigenvalue weighted by Gasteiger charge is 2.43. The van der Waals surface area contributed by atoms with Crippen LogP contribution in [0.1, 0.15) is 43.1 Å². The number of aromatic nitrogens is 2. The maximum Gasteiger partial charge on any atom is 0.436 e. The number of hydrogen-bond donors (Lipinski definition) is 2. The smallest absolute Gasteiger partial charge is 0.436 e. The van der Waals surface area contributed by atoms with Crippen LogP contribution in [0.3, 0.4) is 0 Å². The Kier molecular flexibility index (Phi) is 4.52. The summed E-state index contributed by atoms with van der Waals surface area (Å²) in [5.41, 5.74) is -0.460. The van der Waals surface area contributed by atoms with Crippen LogP contribution < -0.4 is 5.32 Å². The van der Waals surface area contributed by atoms with Gasteiger partial charge in [0.25, 0.3) is 0 Å². The predicted octanol–water partition coefficient (Wildman–Crippen LogP) is 4.45. The van der Waals surface area contributed by atoms with Crippen molar-refractivity contribution < 1.29 is 23.1 Å². The Morgan fingerprint density at radius 2 is 2.04 bits per heavy atom. The molecule has 9 heteroatoms. The van der Waals surface area contributed by atoms with Gasteiger partial charge in [-0.05, 0) is 47.8 Å². The molecule has 1 amide bonds. The number of para-hydroxylation sites is 2. The number of halogens is 4. The lowest BCUT2D eigenvalue weighted by molar-refractivity contribution is -0.142. The van der Waals surface area contributed by atoms with Gasteiger partial charge in [0.2, 0.25) is 5.91 Å². The average molecular weight is 418 g/mol. The second-order valence-electron chi connectivity index (χ2n) is 5.95. The van der Waals surface area contributed by atoms with E-state index in [1.807, 2.05) is 0 Å². The fraction of sp³-hybridized carbons (Fsp3) is 0.375. The summed E-state index contributed by atoms with van der Waals surface area (Å²) in [7, 11) is 0. The summed E-state index contributed by atoms with van der Waals surface area (Å²) in [5.74, 6) is -0.728. The topological polar surface area (TPSA) is 67.2 Å². The maximum atomic E-state index is 13.2. The summed E-state index contributed by atoms with van der Waals surface area (Å²) in [6.45, 7) is 1.47. The quantitative estimate of drug-likeness (QED) is 0.722. The number of carbonyl (C=O) groups is 1. The lowest BCUT2D eigenvalue weighted by Crippen LogP contribution is -2.26. The number of hydrogen-bond acceptors (Lipinski definition) is 3. The van der Waals surface area contributed by atoms with Gasteiger partial charge < -0.3 is 10.4 Å². The molecule has 1 aliphatic rings. The average Bonchev–Trinajstić information content (AvgIpc) is 3.30. The Labute approximate surface area is 150 Å². The molecular formula is C16H15BrF3N3O2. The lowest BCUT2D eigenvalue weighted by atomic mass is 10.2. The summed E-state index contributed by atoms with van der Waals surface area (Å²) in [6.07, 6.45) is -3.09. The van der Waals surface area contributed by atoms with Crippen molar-refractivity contribution in [3.8, 4) is 5.75 Å². The first-order valence-corrected chi connectivity index (χ1v) is 8.43. The molecule has 0 saturated heterocycles. The van der Waals surface area contributed by atoms with Gasteiger partial charge in [-0.3, -0.25) is 9.48 Å². The van der Waals surface area contributed by atoms with Crippen LogP contribution in [0.4, 0.5) is 18.9 Å². The monoisotopic (exact) mass is 417 g/mol. The van der Waals surface area contributed by atoms with Crippen LogP contribution in [0, 0.1) is 0 Å². The van der Waals surface area contributed by atoms with Crippen LogP contribution >= 0.6 is 15.9 Å². The third kappa shape index (κ3) is 3.51. The number of aromatic hydroxyl groups is 1. The van der Waals surface area contributed by atoms with E-state index in [-0.39, 0.29) is 21.8 Å². The molecule has 0 spiro atoms. The van der Waals surface area contributed by atoms with Crippen molar-refractivity contribution in [1.29, 1.82) is 0 Å². The zero-order valence-corrected chi connectivity index (χ0v) is 14.7. The highest BCUT2D eigenvalue weighted by atomic mass is 79.9. The van der Waals surface area contributed by atoms with Gasteiger partial charge in [-0.2, -0.15) is 18.3 Å². The largest absolute Gasteiger partial charge is 0.506 e. The molecule has 2 aromatic rings. The van der Waals surface area contributed by atoms with E-state index in [9.17, 15) is 23.1 Å². The number of nitrogens with one attached hydrogen (secondary N) is 1. The normalized spacial score (nSPS) is 15.9. The van der Waals surface area contributed by atoms with E-state index >= 15 is 0 Å². The molecule has 1 heterocycles. The van der Waals surface area contributed by atoms with Crippen molar-refractivity contribution in [1.82, 2.24) is 9.78 Å². The highest BCUT2D eigenvalue weighted by Crippen LogP contribution is 2.47. The van der Waals surface area contributed by atoms with Crippen LogP contribution in [-0.4, -0.2) is 20.8 Å². The van der Waals surface area contributed by atoms with E-state index in [2.05, 4.69) is 26.3 Å². The first-order chi connectivity index (χ1) is 11.7. The molecule has 0 aliphatic heterocycles. The van der Waals surface area contributed by atoms with Gasteiger partial charge in [0, 0.05) is 5.92 Å². The molecular weight excluding hydrogens is 403 g/mol. The van der Waals surface area contributed by atoms with E-state index in [4.69, 9.17) is 0 Å². The summed E-state index contributed by atoms with van der Waals surface area (Å²) < 4.78 is 40.5. The van der Waals surface area contributed by atoms with Gasteiger partial charge in [-0.25, -0.2) is 0 Å². The van der Waals surface area contributed by atoms with Gasteiger partial charge in [-0.1, -0.05) is 12.1 Å². The van der Waals surface area contributed by atoms with E-state index in [0.717, 1.165) is 17.5 Å². The van der Waals surface area contributed by atoms with Gasteiger partial charge in [0.15, 0.2) is 5.69 Å². The number of carbonyl (C=O) groups excluding carboxylic acids is 1. The van der Waals surface area contributed by atoms with Crippen LogP contribution in [0.5, 0.6) is 5.75 Å². The summed E-state index contributed by atoms with van der Waals surface area (Å²) in [4.78, 5) is 12.5. The molecule has 3 rings (SSSR count). The van der Waals surface area contributed by atoms with Crippen LogP contribution in [0.25, 0.3) is 0 Å². The Bertz CT molecular complexity index is 815. The zero-order chi connectivity index (χ0) is 18.4. The fourth-order valence-corrected chi connectivity index (χ4v) is 3.36. The van der Waals surface area contributed by atoms with Gasteiger partial charge in [0.1, 0.15) is 11.8 Å². The molecule has 25 heavy (non-hydrogen) atoms. The molecule has 2 N–H and O–H groups in total. The molecule has 1 atom stereocenters. The molecule has 134 valence electrons. The standard InChI is InChI=1S/C16H15BrF3N3O2/c1-8(15(25)21-10-4-2-3-5-11(10)24)23-13(9-6-7-9)12(17)14(22-23)16(18,19)20/h2-5,8-9,24H,6-7H2,1H3,(H,21,25). The SMILES string of the molecule is CC(C(=O)Nc1ccccc1O)n1nc(C(F)(F)F)c(Br)c1C1CC1. The van der Waals surface area contributed by atoms with E-state index in [1.165, 1.54) is 19.1 Å². The minimum atomic E-state index is -4.61. The molecule has 1 fully saturated rings. The lowest BCUT2D eigenvalue weighted by Gasteiger charge is -2.16. The first kappa shape index (κ1) is 17.8. The van der Waals surface area contributed by atoms with Crippen molar-refractivity contribution in [2.75, 3.05) is 5.32 Å². The van der Waals surface area contributed by atoms with Crippen molar-refractivity contribution in [3.63, 3.8) is 0 Å². The fourth-order valence-electron chi connectivity index (χ4n) is 2.55. The third-order valence-electron chi connectivity index (χ3n) is 4.03. The molecule has 1 saturated carbocycles. The van der Waals surface area contributed by atoms with Crippen molar-refractivity contribution in [2.24, 2.45) is 0 Å². The van der Waals surface area contributed by atoms with E-state index < -0.39 is 23.8 Å². The number of amides is 1. The zero-order valence-electron chi connectivity index (χ0n) is 13.1. The Hall–Kier alpha value is -2.03. The van der Waals surface area contributed by atoms with Gasteiger partial charge in [-0.15, -0.1) is 0 Å². The molecule has 0 bridgehead atoms. The predicted molar refractivity (Wildman–Crippen MR) is 88.4 cm³/mol. The van der Waals surface area contributed by atoms with Crippen molar-refractivity contribution in [3.05, 3.63) is 40.1 Å². The summed E-state index contributed by atoms with van der Waals surface area (Å²) in [5, 5.41) is 15.9. The number of phenolic OH excluding ortho intramolecular Hbond substituents is 1. The van der Waals surface area contributed by atoms with E-state index in [0.29, 0.717) is 5.69 Å². The van der Waals surface area contributed by atoms with E-state index in [1.54, 1.807) is 12.1 Å². The minimum Gasteiger partial charge on any atom is -0.506 e. The molecule has 0 radical (unpaired) electrons. The highest BCUT2D eigenvalue weighted by molar-refractivity contribution is 9.10. The van der Waals surface area contributed by atoms with Gasteiger partial charge >= 0.3 is 6.18 Å². The molecule has 5 nitrogen and oxygen atoms in total. The van der Waals surface area contributed by atoms with Crippen molar-refractivity contribution in [2.45, 2.75) is 37.9 Å². The molecule has 1 aromatic heterocycles. The minimum absolute atomic E-state index is 0.0432. The Morgan fingerprint density at radius 3 is 2.60 bits per heavy atom. The number of anilines is 1. The van der Waals surface area contributed by atoms with Gasteiger partial charge in [0.05, 0.1) is 15.9 Å². The van der Waals surface area contributed by atoms with Crippen LogP contribution in [-0.2, 0) is 11.0 Å².